The second-order valence-corrected chi connectivity index (χ2v) is 6.66. The zero-order valence-electron chi connectivity index (χ0n) is 16.6. The molecule has 1 aliphatic heterocycles. The van der Waals surface area contributed by atoms with E-state index in [2.05, 4.69) is 10.3 Å². The molecule has 0 bridgehead atoms. The molecule has 2 aromatic rings. The minimum atomic E-state index is -1.15. The van der Waals surface area contributed by atoms with Crippen LogP contribution in [0, 0.1) is 5.92 Å². The zero-order chi connectivity index (χ0) is 21.0. The first-order chi connectivity index (χ1) is 14.0. The molecule has 0 spiro atoms. The topological polar surface area (TPSA) is 88.1 Å². The van der Waals surface area contributed by atoms with Crippen molar-refractivity contribution in [3.8, 4) is 5.75 Å². The minimum Gasteiger partial charge on any atom is -0.497 e. The predicted molar refractivity (Wildman–Crippen MR) is 110 cm³/mol. The van der Waals surface area contributed by atoms with E-state index in [0.717, 1.165) is 10.5 Å². The Bertz CT molecular complexity index is 938. The lowest BCUT2D eigenvalue weighted by Gasteiger charge is -2.31. The van der Waals surface area contributed by atoms with Crippen molar-refractivity contribution < 1.29 is 19.1 Å². The van der Waals surface area contributed by atoms with Gasteiger partial charge in [0.1, 0.15) is 5.75 Å². The van der Waals surface area contributed by atoms with E-state index in [1.54, 1.807) is 24.3 Å². The highest BCUT2D eigenvalue weighted by atomic mass is 16.5. The fraction of sp³-hybridized carbons (Fsp3) is 0.273. The van der Waals surface area contributed by atoms with Crippen molar-refractivity contribution in [2.45, 2.75) is 26.3 Å². The van der Waals surface area contributed by atoms with Gasteiger partial charge in [0, 0.05) is 5.71 Å². The van der Waals surface area contributed by atoms with Crippen LogP contribution in [0.3, 0.4) is 0 Å². The van der Waals surface area contributed by atoms with Crippen molar-refractivity contribution in [3.05, 3.63) is 60.2 Å². The predicted octanol–water partition coefficient (Wildman–Crippen LogP) is 3.51. The van der Waals surface area contributed by atoms with Gasteiger partial charge in [-0.15, -0.1) is 0 Å². The Labute approximate surface area is 169 Å². The lowest BCUT2D eigenvalue weighted by molar-refractivity contribution is -0.131. The van der Waals surface area contributed by atoms with Gasteiger partial charge in [-0.1, -0.05) is 37.3 Å². The molecular weight excluding hydrogens is 370 g/mol. The van der Waals surface area contributed by atoms with Crippen molar-refractivity contribution in [1.82, 2.24) is 5.32 Å². The normalized spacial score (nSPS) is 18.4. The van der Waals surface area contributed by atoms with Gasteiger partial charge in [0.2, 0.25) is 5.91 Å². The van der Waals surface area contributed by atoms with Crippen molar-refractivity contribution in [2.75, 3.05) is 12.0 Å². The Balaban J connectivity index is 1.93. The average Bonchev–Trinajstić information content (AvgIpc) is 2.73. The number of aliphatic imine (C=N–C) groups is 1. The van der Waals surface area contributed by atoms with Gasteiger partial charge in [-0.25, -0.2) is 9.69 Å². The number of carbonyl (C=O) groups is 3. The Kier molecular flexibility index (Phi) is 6.07. The van der Waals surface area contributed by atoms with Gasteiger partial charge in [-0.2, -0.15) is 0 Å². The van der Waals surface area contributed by atoms with E-state index in [1.807, 2.05) is 44.2 Å². The number of urea groups is 1. The summed E-state index contributed by atoms with van der Waals surface area (Å²) in [6.07, 6.45) is 0.408. The number of rotatable bonds is 6. The molecule has 29 heavy (non-hydrogen) atoms. The highest BCUT2D eigenvalue weighted by Crippen LogP contribution is 2.26. The molecule has 1 heterocycles. The molecule has 3 rings (SSSR count). The van der Waals surface area contributed by atoms with Crippen molar-refractivity contribution >= 4 is 29.2 Å². The molecule has 0 aliphatic carbocycles. The number of carbonyl (C=O) groups excluding carboxylic acids is 3. The summed E-state index contributed by atoms with van der Waals surface area (Å²) in [5, 5.41) is 2.28. The third-order valence-electron chi connectivity index (χ3n) is 4.83. The number of amides is 4. The number of imide groups is 2. The van der Waals surface area contributed by atoms with Crippen LogP contribution in [0.4, 0.5) is 10.5 Å². The number of hydrogen-bond acceptors (Lipinski definition) is 5. The maximum absolute atomic E-state index is 13.2. The van der Waals surface area contributed by atoms with E-state index in [-0.39, 0.29) is 6.04 Å². The third-order valence-corrected chi connectivity index (χ3v) is 4.83. The molecule has 0 aromatic heterocycles. The molecule has 4 amide bonds. The number of anilines is 1. The van der Waals surface area contributed by atoms with E-state index >= 15 is 0 Å². The number of hydrogen-bond donors (Lipinski definition) is 1. The molecular formula is C22H23N3O4. The highest BCUT2D eigenvalue weighted by Gasteiger charge is 2.43. The maximum atomic E-state index is 13.2. The second kappa shape index (κ2) is 8.68. The lowest BCUT2D eigenvalue weighted by atomic mass is 9.95. The molecule has 2 aromatic carbocycles. The lowest BCUT2D eigenvalue weighted by Crippen LogP contribution is -2.60. The summed E-state index contributed by atoms with van der Waals surface area (Å²) in [5.41, 5.74) is 1.78. The van der Waals surface area contributed by atoms with Gasteiger partial charge in [0.15, 0.2) is 5.92 Å². The molecule has 0 saturated carbocycles. The molecule has 1 fully saturated rings. The molecule has 7 heteroatoms. The van der Waals surface area contributed by atoms with Crippen LogP contribution in [0.5, 0.6) is 5.75 Å². The highest BCUT2D eigenvalue weighted by molar-refractivity contribution is 6.35. The SMILES string of the molecule is CCC(=N[C@@H](C)c1ccccc1)C1C(=O)NC(=O)N(c2ccc(OC)cc2)C1=O. The largest absolute Gasteiger partial charge is 0.497 e. The van der Waals surface area contributed by atoms with Crippen molar-refractivity contribution in [3.63, 3.8) is 0 Å². The molecule has 2 atom stereocenters. The van der Waals surface area contributed by atoms with Gasteiger partial charge in [-0.3, -0.25) is 19.9 Å². The average molecular weight is 393 g/mol. The van der Waals surface area contributed by atoms with Crippen LogP contribution in [0.2, 0.25) is 0 Å². The molecule has 0 radical (unpaired) electrons. The van der Waals surface area contributed by atoms with Crippen LogP contribution >= 0.6 is 0 Å². The number of nitrogens with zero attached hydrogens (tertiary/aromatic N) is 2. The Morgan fingerprint density at radius 3 is 2.34 bits per heavy atom. The van der Waals surface area contributed by atoms with Crippen molar-refractivity contribution in [1.29, 1.82) is 0 Å². The summed E-state index contributed by atoms with van der Waals surface area (Å²) in [5.74, 6) is -1.81. The first kappa shape index (κ1) is 20.3. The van der Waals surface area contributed by atoms with E-state index in [0.29, 0.717) is 23.6 Å². The summed E-state index contributed by atoms with van der Waals surface area (Å²) >= 11 is 0. The van der Waals surface area contributed by atoms with Gasteiger partial charge < -0.3 is 4.74 Å². The van der Waals surface area contributed by atoms with Crippen LogP contribution < -0.4 is 15.0 Å². The Morgan fingerprint density at radius 1 is 1.10 bits per heavy atom. The number of nitrogens with one attached hydrogen (secondary N) is 1. The number of barbiturate groups is 1. The first-order valence-corrected chi connectivity index (χ1v) is 9.40. The monoisotopic (exact) mass is 393 g/mol. The molecule has 1 N–H and O–H groups in total. The third kappa shape index (κ3) is 4.18. The second-order valence-electron chi connectivity index (χ2n) is 6.66. The van der Waals surface area contributed by atoms with Crippen molar-refractivity contribution in [2.24, 2.45) is 10.9 Å². The fourth-order valence-electron chi connectivity index (χ4n) is 3.27. The number of methoxy groups -OCH3 is 1. The smallest absolute Gasteiger partial charge is 0.335 e. The van der Waals surface area contributed by atoms with E-state index in [9.17, 15) is 14.4 Å². The quantitative estimate of drug-likeness (QED) is 0.601. The summed E-state index contributed by atoms with van der Waals surface area (Å²) < 4.78 is 5.11. The van der Waals surface area contributed by atoms with Gasteiger partial charge in [-0.05, 0) is 43.2 Å². The number of benzene rings is 2. The van der Waals surface area contributed by atoms with Crippen LogP contribution in [0.15, 0.2) is 59.6 Å². The van der Waals surface area contributed by atoms with Gasteiger partial charge >= 0.3 is 6.03 Å². The fourth-order valence-corrected chi connectivity index (χ4v) is 3.27. The van der Waals surface area contributed by atoms with E-state index in [4.69, 9.17) is 4.74 Å². The molecule has 1 aliphatic rings. The van der Waals surface area contributed by atoms with E-state index in [1.165, 1.54) is 7.11 Å². The summed E-state index contributed by atoms with van der Waals surface area (Å²) in [4.78, 5) is 43.7. The first-order valence-electron chi connectivity index (χ1n) is 9.40. The summed E-state index contributed by atoms with van der Waals surface area (Å²) in [7, 11) is 1.53. The van der Waals surface area contributed by atoms with Gasteiger partial charge in [0.25, 0.3) is 5.91 Å². The van der Waals surface area contributed by atoms with Crippen LogP contribution in [0.1, 0.15) is 31.9 Å². The molecule has 1 unspecified atom stereocenters. The van der Waals surface area contributed by atoms with E-state index < -0.39 is 23.8 Å². The van der Waals surface area contributed by atoms with Crippen LogP contribution in [0.25, 0.3) is 0 Å². The maximum Gasteiger partial charge on any atom is 0.335 e. The Morgan fingerprint density at radius 2 is 1.76 bits per heavy atom. The zero-order valence-corrected chi connectivity index (χ0v) is 16.6. The number of ether oxygens (including phenoxy) is 1. The molecule has 1 saturated heterocycles. The summed E-state index contributed by atoms with van der Waals surface area (Å²) in [6, 6.07) is 15.1. The molecule has 7 nitrogen and oxygen atoms in total. The minimum absolute atomic E-state index is 0.223. The van der Waals surface area contributed by atoms with Crippen LogP contribution in [-0.2, 0) is 9.59 Å². The molecule has 150 valence electrons. The Hall–Kier alpha value is -3.48. The standard InChI is InChI=1S/C22H23N3O4/c1-4-18(23-14(2)15-8-6-5-7-9-15)19-20(26)24-22(28)25(21(19)27)16-10-12-17(29-3)13-11-16/h5-14,19H,4H2,1-3H3,(H,24,26,28)/t14-,19?/m0/s1. The van der Waals surface area contributed by atoms with Crippen LogP contribution in [-0.4, -0.2) is 30.7 Å². The van der Waals surface area contributed by atoms with Gasteiger partial charge in [0.05, 0.1) is 18.8 Å². The summed E-state index contributed by atoms with van der Waals surface area (Å²) in [6.45, 7) is 3.74.